The second-order valence-electron chi connectivity index (χ2n) is 6.39. The number of esters is 1. The Morgan fingerprint density at radius 2 is 1.93 bits per heavy atom. The van der Waals surface area contributed by atoms with Crippen LogP contribution in [-0.2, 0) is 9.53 Å². The number of amides is 2. The number of furan rings is 1. The molecular weight excluding hydrogens is 364 g/mol. The van der Waals surface area contributed by atoms with E-state index in [0.717, 1.165) is 5.56 Å². The van der Waals surface area contributed by atoms with Gasteiger partial charge in [-0.2, -0.15) is 0 Å². The van der Waals surface area contributed by atoms with Crippen molar-refractivity contribution < 1.29 is 28.3 Å². The van der Waals surface area contributed by atoms with E-state index in [9.17, 15) is 14.4 Å². The highest BCUT2D eigenvalue weighted by molar-refractivity contribution is 6.10. The lowest BCUT2D eigenvalue weighted by Gasteiger charge is -2.10. The highest BCUT2D eigenvalue weighted by atomic mass is 16.5. The summed E-state index contributed by atoms with van der Waals surface area (Å²) in [4.78, 5) is 36.1. The summed E-state index contributed by atoms with van der Waals surface area (Å²) in [7, 11) is 0. The molecule has 0 aliphatic carbocycles. The Morgan fingerprint density at radius 3 is 2.54 bits per heavy atom. The molecule has 0 saturated heterocycles. The van der Waals surface area contributed by atoms with Crippen LogP contribution in [0.3, 0.4) is 0 Å². The monoisotopic (exact) mass is 388 g/mol. The van der Waals surface area contributed by atoms with Gasteiger partial charge in [0.1, 0.15) is 22.6 Å². The Morgan fingerprint density at radius 1 is 1.21 bits per heavy atom. The summed E-state index contributed by atoms with van der Waals surface area (Å²) in [6.45, 7) is 7.02. The van der Waals surface area contributed by atoms with Gasteiger partial charge in [0, 0.05) is 0 Å². The second-order valence-corrected chi connectivity index (χ2v) is 6.39. The third kappa shape index (κ3) is 4.91. The van der Waals surface area contributed by atoms with Crippen molar-refractivity contribution in [3.8, 4) is 5.75 Å². The molecule has 0 aliphatic rings. The van der Waals surface area contributed by atoms with Gasteiger partial charge in [-0.1, -0.05) is 26.0 Å². The number of rotatable bonds is 8. The van der Waals surface area contributed by atoms with Crippen molar-refractivity contribution in [1.29, 1.82) is 0 Å². The Bertz CT molecular complexity index is 885. The fraction of sp³-hybridized carbons (Fsp3) is 0.350. The summed E-state index contributed by atoms with van der Waals surface area (Å²) in [5.74, 6) is -1.46. The number of carbonyl (C=O) groups excluding carboxylic acids is 3. The van der Waals surface area contributed by atoms with Crippen molar-refractivity contribution in [2.24, 2.45) is 5.73 Å². The first-order valence-corrected chi connectivity index (χ1v) is 8.87. The third-order valence-electron chi connectivity index (χ3n) is 3.96. The molecule has 2 amide bonds. The fourth-order valence-electron chi connectivity index (χ4n) is 2.59. The number of aryl methyl sites for hydroxylation is 1. The zero-order chi connectivity index (χ0) is 20.8. The van der Waals surface area contributed by atoms with Gasteiger partial charge in [-0.3, -0.25) is 14.9 Å². The van der Waals surface area contributed by atoms with Crippen LogP contribution < -0.4 is 15.8 Å². The van der Waals surface area contributed by atoms with Crippen LogP contribution in [0.1, 0.15) is 58.7 Å². The van der Waals surface area contributed by atoms with Crippen LogP contribution in [-0.4, -0.2) is 31.0 Å². The van der Waals surface area contributed by atoms with Gasteiger partial charge < -0.3 is 19.6 Å². The summed E-state index contributed by atoms with van der Waals surface area (Å²) in [5.41, 5.74) is 6.11. The van der Waals surface area contributed by atoms with E-state index in [4.69, 9.17) is 19.6 Å². The Hall–Kier alpha value is -3.29. The number of benzene rings is 1. The van der Waals surface area contributed by atoms with Gasteiger partial charge in [-0.05, 0) is 37.5 Å². The van der Waals surface area contributed by atoms with E-state index >= 15 is 0 Å². The molecular formula is C20H24N2O6. The molecule has 8 nitrogen and oxygen atoms in total. The molecule has 0 radical (unpaired) electrons. The molecule has 0 fully saturated rings. The van der Waals surface area contributed by atoms with Gasteiger partial charge in [0.15, 0.2) is 6.61 Å². The van der Waals surface area contributed by atoms with Gasteiger partial charge in [-0.25, -0.2) is 4.79 Å². The molecule has 0 unspecified atom stereocenters. The number of hydrogen-bond donors (Lipinski definition) is 2. The average Bonchev–Trinajstić information content (AvgIpc) is 2.96. The Balaban J connectivity index is 2.13. The number of primary amides is 1. The van der Waals surface area contributed by atoms with E-state index in [1.165, 1.54) is 6.92 Å². The number of ether oxygens (including phenoxy) is 2. The molecule has 0 bridgehead atoms. The molecule has 0 atom stereocenters. The zero-order valence-corrected chi connectivity index (χ0v) is 16.3. The lowest BCUT2D eigenvalue weighted by molar-refractivity contribution is -0.118. The van der Waals surface area contributed by atoms with Crippen LogP contribution in [0.25, 0.3) is 0 Å². The van der Waals surface area contributed by atoms with Crippen LogP contribution in [0, 0.1) is 6.92 Å². The van der Waals surface area contributed by atoms with Gasteiger partial charge >= 0.3 is 5.97 Å². The number of nitrogens with one attached hydrogen (secondary N) is 1. The SMILES string of the molecule is CCOC(=O)c1c(C)oc(NC(=O)COc2cccc(C(C)C)c2)c1C(N)=O. The summed E-state index contributed by atoms with van der Waals surface area (Å²) < 4.78 is 15.8. The smallest absolute Gasteiger partial charge is 0.342 e. The average molecular weight is 388 g/mol. The van der Waals surface area contributed by atoms with E-state index < -0.39 is 17.8 Å². The number of carbonyl (C=O) groups is 3. The van der Waals surface area contributed by atoms with Crippen LogP contribution >= 0.6 is 0 Å². The maximum atomic E-state index is 12.2. The second kappa shape index (κ2) is 9.07. The molecule has 3 N–H and O–H groups in total. The lowest BCUT2D eigenvalue weighted by atomic mass is 10.0. The predicted octanol–water partition coefficient (Wildman–Crippen LogP) is 3.00. The summed E-state index contributed by atoms with van der Waals surface area (Å²) in [6.07, 6.45) is 0. The van der Waals surface area contributed by atoms with Gasteiger partial charge in [-0.15, -0.1) is 0 Å². The molecule has 8 heteroatoms. The molecule has 0 spiro atoms. The molecule has 150 valence electrons. The first kappa shape index (κ1) is 21.0. The normalized spacial score (nSPS) is 10.6. The van der Waals surface area contributed by atoms with E-state index in [0.29, 0.717) is 11.7 Å². The molecule has 0 aliphatic heterocycles. The first-order chi connectivity index (χ1) is 13.2. The lowest BCUT2D eigenvalue weighted by Crippen LogP contribution is -2.23. The van der Waals surface area contributed by atoms with Crippen molar-refractivity contribution >= 4 is 23.7 Å². The Labute approximate surface area is 163 Å². The highest BCUT2D eigenvalue weighted by Gasteiger charge is 2.29. The molecule has 2 rings (SSSR count). The zero-order valence-electron chi connectivity index (χ0n) is 16.3. The van der Waals surface area contributed by atoms with Crippen molar-refractivity contribution in [1.82, 2.24) is 0 Å². The molecule has 28 heavy (non-hydrogen) atoms. The van der Waals surface area contributed by atoms with E-state index in [1.807, 2.05) is 18.2 Å². The third-order valence-corrected chi connectivity index (χ3v) is 3.96. The first-order valence-electron chi connectivity index (χ1n) is 8.87. The summed E-state index contributed by atoms with van der Waals surface area (Å²) >= 11 is 0. The molecule has 1 heterocycles. The molecule has 0 saturated carbocycles. The Kier molecular flexibility index (Phi) is 6.81. The number of anilines is 1. The molecule has 1 aromatic carbocycles. The van der Waals surface area contributed by atoms with E-state index in [2.05, 4.69) is 19.2 Å². The highest BCUT2D eigenvalue weighted by Crippen LogP contribution is 2.27. The fourth-order valence-corrected chi connectivity index (χ4v) is 2.59. The standard InChI is InChI=1S/C20H24N2O6/c1-5-26-20(25)16-12(4)28-19(17(16)18(21)24)22-15(23)10-27-14-8-6-7-13(9-14)11(2)3/h6-9,11H,5,10H2,1-4H3,(H2,21,24)(H,22,23). The van der Waals surface area contributed by atoms with E-state index in [1.54, 1.807) is 13.0 Å². The topological polar surface area (TPSA) is 121 Å². The summed E-state index contributed by atoms with van der Waals surface area (Å²) in [6, 6.07) is 7.40. The van der Waals surface area contributed by atoms with Gasteiger partial charge in [0.25, 0.3) is 11.8 Å². The summed E-state index contributed by atoms with van der Waals surface area (Å²) in [5, 5.41) is 2.42. The minimum absolute atomic E-state index is 0.102. The van der Waals surface area contributed by atoms with Gasteiger partial charge in [0.2, 0.25) is 5.88 Å². The molecule has 1 aromatic heterocycles. The van der Waals surface area contributed by atoms with Crippen molar-refractivity contribution in [3.63, 3.8) is 0 Å². The van der Waals surface area contributed by atoms with Crippen molar-refractivity contribution in [2.75, 3.05) is 18.5 Å². The number of nitrogens with two attached hydrogens (primary N) is 1. The van der Waals surface area contributed by atoms with Crippen molar-refractivity contribution in [2.45, 2.75) is 33.6 Å². The van der Waals surface area contributed by atoms with Crippen molar-refractivity contribution in [3.05, 3.63) is 46.7 Å². The maximum absolute atomic E-state index is 12.2. The predicted molar refractivity (Wildman–Crippen MR) is 103 cm³/mol. The molecule has 2 aromatic rings. The van der Waals surface area contributed by atoms with Crippen LogP contribution in [0.4, 0.5) is 5.88 Å². The largest absolute Gasteiger partial charge is 0.484 e. The number of hydrogen-bond acceptors (Lipinski definition) is 6. The maximum Gasteiger partial charge on any atom is 0.342 e. The van der Waals surface area contributed by atoms with E-state index in [-0.39, 0.29) is 36.0 Å². The van der Waals surface area contributed by atoms with Crippen LogP contribution in [0.5, 0.6) is 5.75 Å². The minimum atomic E-state index is -0.916. The quantitative estimate of drug-likeness (QED) is 0.671. The van der Waals surface area contributed by atoms with Gasteiger partial charge in [0.05, 0.1) is 6.61 Å². The minimum Gasteiger partial charge on any atom is -0.484 e. The van der Waals surface area contributed by atoms with Crippen LogP contribution in [0.2, 0.25) is 0 Å². The van der Waals surface area contributed by atoms with Crippen LogP contribution in [0.15, 0.2) is 28.7 Å².